The van der Waals surface area contributed by atoms with E-state index >= 15 is 0 Å². The molecule has 20 heavy (non-hydrogen) atoms. The summed E-state index contributed by atoms with van der Waals surface area (Å²) in [5, 5.41) is 4.42. The third-order valence-corrected chi connectivity index (χ3v) is 3.80. The molecule has 108 valence electrons. The Hall–Kier alpha value is -1.24. The molecule has 3 rings (SSSR count). The average Bonchev–Trinajstić information content (AvgIpc) is 2.77. The molecule has 0 aliphatic heterocycles. The highest BCUT2D eigenvalue weighted by molar-refractivity contribution is 14.0. The van der Waals surface area contributed by atoms with Gasteiger partial charge in [0.25, 0.3) is 0 Å². The zero-order chi connectivity index (χ0) is 13.1. The standard InChI is InChI=1S/C15H20N4.HI/c16-15(17-9-11-4-3-5-11)18-10-13-8-12-6-1-2-7-14(12)19-13;/h1-2,6-8,11,19H,3-5,9-10H2,(H3,16,17,18);1H. The summed E-state index contributed by atoms with van der Waals surface area (Å²) in [6.07, 6.45) is 4.00. The van der Waals surface area contributed by atoms with Crippen LogP contribution in [-0.2, 0) is 6.54 Å². The number of nitrogens with two attached hydrogens (primary N) is 1. The summed E-state index contributed by atoms with van der Waals surface area (Å²) < 4.78 is 0. The zero-order valence-corrected chi connectivity index (χ0v) is 13.8. The molecule has 0 bridgehead atoms. The van der Waals surface area contributed by atoms with Crippen LogP contribution < -0.4 is 11.1 Å². The largest absolute Gasteiger partial charge is 0.370 e. The van der Waals surface area contributed by atoms with Gasteiger partial charge in [0.2, 0.25) is 0 Å². The highest BCUT2D eigenvalue weighted by Gasteiger charge is 2.16. The number of nitrogens with zero attached hydrogens (tertiary/aromatic N) is 1. The molecule has 0 saturated heterocycles. The lowest BCUT2D eigenvalue weighted by molar-refractivity contribution is 0.315. The number of rotatable bonds is 4. The second-order valence-corrected chi connectivity index (χ2v) is 5.26. The van der Waals surface area contributed by atoms with E-state index in [1.807, 2.05) is 12.1 Å². The maximum atomic E-state index is 5.87. The average molecular weight is 384 g/mol. The molecule has 1 aliphatic rings. The fourth-order valence-corrected chi connectivity index (χ4v) is 2.39. The van der Waals surface area contributed by atoms with E-state index in [0.29, 0.717) is 12.5 Å². The number of aromatic amines is 1. The van der Waals surface area contributed by atoms with Gasteiger partial charge in [0.15, 0.2) is 5.96 Å². The Labute approximate surface area is 136 Å². The van der Waals surface area contributed by atoms with Gasteiger partial charge in [0.05, 0.1) is 6.54 Å². The number of fused-ring (bicyclic) bond motifs is 1. The van der Waals surface area contributed by atoms with Gasteiger partial charge in [-0.25, -0.2) is 4.99 Å². The maximum absolute atomic E-state index is 5.87. The summed E-state index contributed by atoms with van der Waals surface area (Å²) >= 11 is 0. The van der Waals surface area contributed by atoms with Gasteiger partial charge in [-0.05, 0) is 36.3 Å². The number of benzene rings is 1. The number of nitrogens with one attached hydrogen (secondary N) is 2. The number of para-hydroxylation sites is 1. The minimum Gasteiger partial charge on any atom is -0.370 e. The number of aliphatic imine (C=N–C) groups is 1. The van der Waals surface area contributed by atoms with Crippen molar-refractivity contribution in [3.8, 4) is 0 Å². The first-order chi connectivity index (χ1) is 9.31. The van der Waals surface area contributed by atoms with E-state index in [9.17, 15) is 0 Å². The predicted molar refractivity (Wildman–Crippen MR) is 94.4 cm³/mol. The van der Waals surface area contributed by atoms with E-state index in [0.717, 1.165) is 23.7 Å². The lowest BCUT2D eigenvalue weighted by Gasteiger charge is -2.25. The number of aromatic nitrogens is 1. The van der Waals surface area contributed by atoms with Gasteiger partial charge in [-0.3, -0.25) is 0 Å². The molecule has 1 heterocycles. The van der Waals surface area contributed by atoms with Crippen molar-refractivity contribution < 1.29 is 0 Å². The number of hydrogen-bond acceptors (Lipinski definition) is 1. The quantitative estimate of drug-likeness (QED) is 0.431. The summed E-state index contributed by atoms with van der Waals surface area (Å²) in [6, 6.07) is 10.4. The number of hydrogen-bond donors (Lipinski definition) is 3. The molecule has 1 aromatic heterocycles. The van der Waals surface area contributed by atoms with Crippen LogP contribution in [0.25, 0.3) is 10.9 Å². The van der Waals surface area contributed by atoms with Crippen LogP contribution in [-0.4, -0.2) is 17.5 Å². The van der Waals surface area contributed by atoms with Crippen molar-refractivity contribution in [1.29, 1.82) is 0 Å². The van der Waals surface area contributed by atoms with E-state index in [1.54, 1.807) is 0 Å². The molecule has 0 spiro atoms. The molecule has 0 radical (unpaired) electrons. The molecular weight excluding hydrogens is 363 g/mol. The molecule has 0 unspecified atom stereocenters. The SMILES string of the molecule is I.NC(=NCc1cc2ccccc2[nH]1)NCC1CCC1. The van der Waals surface area contributed by atoms with Gasteiger partial charge >= 0.3 is 0 Å². The number of guanidine groups is 1. The molecule has 4 nitrogen and oxygen atoms in total. The van der Waals surface area contributed by atoms with Crippen molar-refractivity contribution in [2.75, 3.05) is 6.54 Å². The molecule has 1 aliphatic carbocycles. The minimum atomic E-state index is 0. The first-order valence-electron chi connectivity index (χ1n) is 6.92. The van der Waals surface area contributed by atoms with Gasteiger partial charge in [-0.15, -0.1) is 24.0 Å². The zero-order valence-electron chi connectivity index (χ0n) is 11.4. The maximum Gasteiger partial charge on any atom is 0.188 e. The third kappa shape index (κ3) is 3.65. The lowest BCUT2D eigenvalue weighted by atomic mass is 9.85. The predicted octanol–water partition coefficient (Wildman–Crippen LogP) is 2.99. The minimum absolute atomic E-state index is 0. The summed E-state index contributed by atoms with van der Waals surface area (Å²) in [7, 11) is 0. The van der Waals surface area contributed by atoms with Crippen LogP contribution in [0.3, 0.4) is 0 Å². The molecular formula is C15H21IN4. The van der Waals surface area contributed by atoms with E-state index < -0.39 is 0 Å². The fourth-order valence-electron chi connectivity index (χ4n) is 2.39. The van der Waals surface area contributed by atoms with Gasteiger partial charge in [-0.2, -0.15) is 0 Å². The third-order valence-electron chi connectivity index (χ3n) is 3.80. The van der Waals surface area contributed by atoms with E-state index in [4.69, 9.17) is 5.73 Å². The number of H-pyrrole nitrogens is 1. The Morgan fingerprint density at radius 3 is 2.85 bits per heavy atom. The number of halogens is 1. The lowest BCUT2D eigenvalue weighted by Crippen LogP contribution is -2.37. The summed E-state index contributed by atoms with van der Waals surface area (Å²) in [6.45, 7) is 1.56. The Kier molecular flexibility index (Phi) is 5.28. The Morgan fingerprint density at radius 2 is 2.15 bits per heavy atom. The molecule has 2 aromatic rings. The van der Waals surface area contributed by atoms with E-state index in [1.165, 1.54) is 24.6 Å². The van der Waals surface area contributed by atoms with Gasteiger partial charge < -0.3 is 16.0 Å². The van der Waals surface area contributed by atoms with Crippen molar-refractivity contribution in [2.24, 2.45) is 16.6 Å². The monoisotopic (exact) mass is 384 g/mol. The van der Waals surface area contributed by atoms with Gasteiger partial charge in [0.1, 0.15) is 0 Å². The Morgan fingerprint density at radius 1 is 1.35 bits per heavy atom. The van der Waals surface area contributed by atoms with E-state index in [2.05, 4.69) is 33.5 Å². The van der Waals surface area contributed by atoms with E-state index in [-0.39, 0.29) is 24.0 Å². The molecule has 4 N–H and O–H groups in total. The highest BCUT2D eigenvalue weighted by atomic mass is 127. The van der Waals surface area contributed by atoms with Crippen molar-refractivity contribution in [2.45, 2.75) is 25.8 Å². The van der Waals surface area contributed by atoms with Crippen LogP contribution in [0.5, 0.6) is 0 Å². The van der Waals surface area contributed by atoms with Crippen LogP contribution >= 0.6 is 24.0 Å². The Bertz CT molecular complexity index is 553. The Balaban J connectivity index is 0.00000147. The molecule has 5 heteroatoms. The first-order valence-corrected chi connectivity index (χ1v) is 6.92. The van der Waals surface area contributed by atoms with Crippen molar-refractivity contribution in [3.05, 3.63) is 36.0 Å². The van der Waals surface area contributed by atoms with Crippen LogP contribution in [0.2, 0.25) is 0 Å². The first kappa shape index (κ1) is 15.2. The second-order valence-electron chi connectivity index (χ2n) is 5.26. The second kappa shape index (κ2) is 6.97. The smallest absolute Gasteiger partial charge is 0.188 e. The van der Waals surface area contributed by atoms with Crippen LogP contribution in [0.4, 0.5) is 0 Å². The molecule has 0 amide bonds. The molecule has 1 saturated carbocycles. The highest BCUT2D eigenvalue weighted by Crippen LogP contribution is 2.25. The van der Waals surface area contributed by atoms with Crippen LogP contribution in [0, 0.1) is 5.92 Å². The summed E-state index contributed by atoms with van der Waals surface area (Å²) in [5.41, 5.74) is 8.11. The van der Waals surface area contributed by atoms with Crippen LogP contribution in [0.1, 0.15) is 25.0 Å². The molecule has 1 aromatic carbocycles. The van der Waals surface area contributed by atoms with Gasteiger partial charge in [0, 0.05) is 17.8 Å². The molecule has 1 fully saturated rings. The topological polar surface area (TPSA) is 66.2 Å². The van der Waals surface area contributed by atoms with Crippen LogP contribution in [0.15, 0.2) is 35.3 Å². The fraction of sp³-hybridized carbons (Fsp3) is 0.400. The summed E-state index contributed by atoms with van der Waals surface area (Å²) in [4.78, 5) is 7.72. The van der Waals surface area contributed by atoms with Crippen molar-refractivity contribution >= 4 is 40.8 Å². The summed E-state index contributed by atoms with van der Waals surface area (Å²) in [5.74, 6) is 1.34. The molecule has 0 atom stereocenters. The van der Waals surface area contributed by atoms with Gasteiger partial charge in [-0.1, -0.05) is 24.6 Å². The normalized spacial score (nSPS) is 15.7. The van der Waals surface area contributed by atoms with Crippen molar-refractivity contribution in [3.63, 3.8) is 0 Å². The van der Waals surface area contributed by atoms with Crippen molar-refractivity contribution in [1.82, 2.24) is 10.3 Å².